The number of aromatic nitrogens is 1. The quantitative estimate of drug-likeness (QED) is 0.585. The van der Waals surface area contributed by atoms with E-state index in [4.69, 9.17) is 0 Å². The maximum Gasteiger partial charge on any atom is 0.0500 e. The summed E-state index contributed by atoms with van der Waals surface area (Å²) in [4.78, 5) is 1.19. The molecule has 0 radical (unpaired) electrons. The Hall–Kier alpha value is -2.06. The Morgan fingerprint density at radius 2 is 1.85 bits per heavy atom. The molecule has 0 atom stereocenters. The number of hydrogen-bond donors (Lipinski definition) is 0. The number of thiophene rings is 1. The average Bonchev–Trinajstić information content (AvgIpc) is 2.94. The van der Waals surface area contributed by atoms with Crippen LogP contribution in [0, 0.1) is 6.92 Å². The van der Waals surface area contributed by atoms with Gasteiger partial charge in [0.25, 0.3) is 0 Å². The van der Waals surface area contributed by atoms with E-state index in [9.17, 15) is 0 Å². The largest absolute Gasteiger partial charge is 0.344 e. The zero-order chi connectivity index (χ0) is 14.4. The maximum absolute atomic E-state index is 3.94. The van der Waals surface area contributed by atoms with Crippen molar-refractivity contribution in [3.05, 3.63) is 53.6 Å². The molecular formula is C18H17NS. The first-order valence-electron chi connectivity index (χ1n) is 6.55. The van der Waals surface area contributed by atoms with Crippen LogP contribution in [0.5, 0.6) is 0 Å². The number of fused-ring (bicyclic) bond motifs is 3. The fourth-order valence-electron chi connectivity index (χ4n) is 2.99. The Kier molecular flexibility index (Phi) is 2.91. The third kappa shape index (κ3) is 1.49. The lowest BCUT2D eigenvalue weighted by atomic mass is 10.1. The van der Waals surface area contributed by atoms with E-state index in [0.29, 0.717) is 0 Å². The topological polar surface area (TPSA) is 4.93 Å². The summed E-state index contributed by atoms with van der Waals surface area (Å²) in [5.74, 6) is 0. The minimum Gasteiger partial charge on any atom is -0.344 e. The van der Waals surface area contributed by atoms with E-state index in [2.05, 4.69) is 50.4 Å². The van der Waals surface area contributed by atoms with Gasteiger partial charge in [-0.25, -0.2) is 0 Å². The summed E-state index contributed by atoms with van der Waals surface area (Å²) in [7, 11) is 2.09. The summed E-state index contributed by atoms with van der Waals surface area (Å²) in [6, 6.07) is 4.37. The summed E-state index contributed by atoms with van der Waals surface area (Å²) in [6.07, 6.45) is 5.77. The Labute approximate surface area is 123 Å². The summed E-state index contributed by atoms with van der Waals surface area (Å²) in [5.41, 5.74) is 4.90. The number of aryl methyl sites for hydroxylation is 2. The van der Waals surface area contributed by atoms with Crippen LogP contribution in [0.3, 0.4) is 0 Å². The molecule has 2 aromatic heterocycles. The Morgan fingerprint density at radius 3 is 2.45 bits per heavy atom. The number of nitrogens with zero attached hydrogens (tertiary/aromatic N) is 1. The van der Waals surface area contributed by atoms with Gasteiger partial charge in [0, 0.05) is 38.6 Å². The minimum absolute atomic E-state index is 1.18. The van der Waals surface area contributed by atoms with E-state index >= 15 is 0 Å². The van der Waals surface area contributed by atoms with Crippen molar-refractivity contribution in [3.63, 3.8) is 0 Å². The SMILES string of the molecule is C=Cc1sc2c(ccc3c2c(C)c(C=C)n3C)c1C=C. The highest BCUT2D eigenvalue weighted by atomic mass is 32.1. The molecular weight excluding hydrogens is 262 g/mol. The third-order valence-electron chi connectivity index (χ3n) is 3.97. The Bertz CT molecular complexity index is 874. The molecule has 0 bridgehead atoms. The molecule has 3 aromatic rings. The number of rotatable bonds is 3. The third-order valence-corrected chi connectivity index (χ3v) is 5.20. The van der Waals surface area contributed by atoms with Gasteiger partial charge in [-0.05, 0) is 30.2 Å². The molecule has 20 heavy (non-hydrogen) atoms. The predicted octanol–water partition coefficient (Wildman–Crippen LogP) is 5.63. The highest BCUT2D eigenvalue weighted by Crippen LogP contribution is 2.40. The first kappa shape index (κ1) is 12.9. The number of benzene rings is 1. The first-order chi connectivity index (χ1) is 9.63. The molecule has 0 aliphatic heterocycles. The van der Waals surface area contributed by atoms with Gasteiger partial charge < -0.3 is 4.57 Å². The van der Waals surface area contributed by atoms with Gasteiger partial charge in [-0.1, -0.05) is 38.0 Å². The van der Waals surface area contributed by atoms with E-state index in [0.717, 1.165) is 0 Å². The minimum atomic E-state index is 1.18. The van der Waals surface area contributed by atoms with Crippen molar-refractivity contribution in [2.45, 2.75) is 6.92 Å². The fourth-order valence-corrected chi connectivity index (χ4v) is 4.25. The summed E-state index contributed by atoms with van der Waals surface area (Å²) in [5, 5.41) is 2.58. The van der Waals surface area contributed by atoms with E-state index in [1.165, 1.54) is 42.7 Å². The van der Waals surface area contributed by atoms with Crippen molar-refractivity contribution in [2.24, 2.45) is 7.05 Å². The van der Waals surface area contributed by atoms with Gasteiger partial charge >= 0.3 is 0 Å². The molecule has 0 aliphatic carbocycles. The second kappa shape index (κ2) is 4.50. The van der Waals surface area contributed by atoms with Crippen LogP contribution in [0.25, 0.3) is 39.2 Å². The van der Waals surface area contributed by atoms with Crippen LogP contribution in [0.15, 0.2) is 31.9 Å². The van der Waals surface area contributed by atoms with Crippen molar-refractivity contribution < 1.29 is 0 Å². The second-order valence-corrected chi connectivity index (χ2v) is 5.95. The molecule has 1 nitrogen and oxygen atoms in total. The molecule has 0 fully saturated rings. The smallest absolute Gasteiger partial charge is 0.0500 e. The molecule has 0 unspecified atom stereocenters. The van der Waals surface area contributed by atoms with Crippen LogP contribution in [0.2, 0.25) is 0 Å². The van der Waals surface area contributed by atoms with E-state index in [-0.39, 0.29) is 0 Å². The molecule has 0 N–H and O–H groups in total. The normalized spacial score (nSPS) is 11.1. The molecule has 2 heteroatoms. The highest BCUT2D eigenvalue weighted by molar-refractivity contribution is 7.21. The van der Waals surface area contributed by atoms with Crippen LogP contribution >= 0.6 is 11.3 Å². The molecule has 0 aliphatic rings. The van der Waals surface area contributed by atoms with Crippen molar-refractivity contribution in [3.8, 4) is 0 Å². The Balaban J connectivity index is 2.60. The van der Waals surface area contributed by atoms with Crippen LogP contribution in [0.4, 0.5) is 0 Å². The summed E-state index contributed by atoms with van der Waals surface area (Å²) >= 11 is 1.79. The molecule has 3 rings (SSSR count). The molecule has 100 valence electrons. The van der Waals surface area contributed by atoms with Crippen molar-refractivity contribution in [1.29, 1.82) is 0 Å². The lowest BCUT2D eigenvalue weighted by molar-refractivity contribution is 0.949. The molecule has 0 spiro atoms. The van der Waals surface area contributed by atoms with Crippen molar-refractivity contribution >= 4 is 50.6 Å². The van der Waals surface area contributed by atoms with Crippen LogP contribution in [-0.2, 0) is 7.05 Å². The maximum atomic E-state index is 3.94. The second-order valence-electron chi connectivity index (χ2n) is 4.90. The van der Waals surface area contributed by atoms with Crippen LogP contribution in [0.1, 0.15) is 21.7 Å². The zero-order valence-electron chi connectivity index (χ0n) is 11.9. The monoisotopic (exact) mass is 279 g/mol. The van der Waals surface area contributed by atoms with E-state index in [1.807, 2.05) is 18.2 Å². The van der Waals surface area contributed by atoms with Crippen molar-refractivity contribution in [1.82, 2.24) is 4.57 Å². The highest BCUT2D eigenvalue weighted by Gasteiger charge is 2.16. The predicted molar refractivity (Wildman–Crippen MR) is 93.3 cm³/mol. The van der Waals surface area contributed by atoms with Gasteiger partial charge in [0.1, 0.15) is 0 Å². The van der Waals surface area contributed by atoms with Gasteiger partial charge in [-0.3, -0.25) is 0 Å². The molecule has 1 aromatic carbocycles. The van der Waals surface area contributed by atoms with Gasteiger partial charge in [0.05, 0.1) is 0 Å². The zero-order valence-corrected chi connectivity index (χ0v) is 12.7. The standard InChI is InChI=1S/C18H17NS/c1-6-12-13-9-10-15-17(18(13)20-16(12)8-3)11(4)14(7-2)19(15)5/h6-10H,1-3H2,4-5H3. The van der Waals surface area contributed by atoms with Crippen LogP contribution in [-0.4, -0.2) is 4.57 Å². The molecule has 0 saturated heterocycles. The van der Waals surface area contributed by atoms with Crippen molar-refractivity contribution in [2.75, 3.05) is 0 Å². The average molecular weight is 279 g/mol. The summed E-state index contributed by atoms with van der Waals surface area (Å²) < 4.78 is 3.52. The van der Waals surface area contributed by atoms with Gasteiger partial charge in [0.15, 0.2) is 0 Å². The molecule has 0 amide bonds. The van der Waals surface area contributed by atoms with E-state index in [1.54, 1.807) is 11.3 Å². The van der Waals surface area contributed by atoms with Crippen LogP contribution < -0.4 is 0 Å². The fraction of sp³-hybridized carbons (Fsp3) is 0.111. The van der Waals surface area contributed by atoms with Gasteiger partial charge in [-0.2, -0.15) is 0 Å². The Morgan fingerprint density at radius 1 is 1.10 bits per heavy atom. The van der Waals surface area contributed by atoms with Gasteiger partial charge in [0.2, 0.25) is 0 Å². The molecule has 2 heterocycles. The summed E-state index contributed by atoms with van der Waals surface area (Å²) in [6.45, 7) is 14.0. The lowest BCUT2D eigenvalue weighted by Gasteiger charge is -1.99. The molecule has 0 saturated carbocycles. The number of hydrogen-bond acceptors (Lipinski definition) is 1. The first-order valence-corrected chi connectivity index (χ1v) is 7.37. The van der Waals surface area contributed by atoms with Gasteiger partial charge in [-0.15, -0.1) is 11.3 Å². The lowest BCUT2D eigenvalue weighted by Crippen LogP contribution is -1.90. The van der Waals surface area contributed by atoms with E-state index < -0.39 is 0 Å².